The van der Waals surface area contributed by atoms with Crippen LogP contribution in [0, 0.1) is 5.82 Å². The van der Waals surface area contributed by atoms with Crippen molar-refractivity contribution in [3.8, 4) is 0 Å². The summed E-state index contributed by atoms with van der Waals surface area (Å²) in [6.07, 6.45) is 0.566. The molecule has 0 fully saturated rings. The highest BCUT2D eigenvalue weighted by molar-refractivity contribution is 7.15. The van der Waals surface area contributed by atoms with Crippen LogP contribution < -0.4 is 10.6 Å². The van der Waals surface area contributed by atoms with Crippen LogP contribution in [-0.4, -0.2) is 27.7 Å². The van der Waals surface area contributed by atoms with Gasteiger partial charge in [0.25, 0.3) is 6.01 Å². The molecule has 0 bridgehead atoms. The molecule has 1 aliphatic rings. The van der Waals surface area contributed by atoms with Crippen LogP contribution in [0.4, 0.5) is 15.5 Å². The number of aliphatic hydroxyl groups excluding tert-OH is 1. The van der Waals surface area contributed by atoms with E-state index in [1.165, 1.54) is 23.5 Å². The highest BCUT2D eigenvalue weighted by atomic mass is 32.1. The van der Waals surface area contributed by atoms with Gasteiger partial charge in [-0.2, -0.15) is 4.98 Å². The molecular formula is C15H15FN4O2S. The van der Waals surface area contributed by atoms with E-state index in [0.29, 0.717) is 28.7 Å². The molecule has 0 amide bonds. The van der Waals surface area contributed by atoms with Gasteiger partial charge in [-0.3, -0.25) is 0 Å². The molecule has 3 aromatic rings. The van der Waals surface area contributed by atoms with E-state index in [2.05, 4.69) is 9.97 Å². The summed E-state index contributed by atoms with van der Waals surface area (Å²) in [7, 11) is 0. The van der Waals surface area contributed by atoms with Crippen LogP contribution >= 0.6 is 11.3 Å². The van der Waals surface area contributed by atoms with E-state index in [1.807, 2.05) is 11.8 Å². The zero-order valence-electron chi connectivity index (χ0n) is 12.4. The number of hydrogen-bond acceptors (Lipinski definition) is 7. The van der Waals surface area contributed by atoms with Crippen LogP contribution in [-0.2, 0) is 6.42 Å². The zero-order valence-corrected chi connectivity index (χ0v) is 13.2. The van der Waals surface area contributed by atoms with E-state index in [0.717, 1.165) is 10.6 Å². The van der Waals surface area contributed by atoms with Crippen molar-refractivity contribution in [3.05, 3.63) is 34.6 Å². The molecular weight excluding hydrogens is 319 g/mol. The van der Waals surface area contributed by atoms with Crippen LogP contribution in [0.1, 0.15) is 23.5 Å². The maximum atomic E-state index is 13.4. The molecule has 4 rings (SSSR count). The molecule has 2 atom stereocenters. The Bertz CT molecular complexity index is 878. The van der Waals surface area contributed by atoms with Gasteiger partial charge in [0.15, 0.2) is 10.7 Å². The lowest BCUT2D eigenvalue weighted by Gasteiger charge is -2.37. The number of thiazole rings is 1. The van der Waals surface area contributed by atoms with Crippen LogP contribution in [0.15, 0.2) is 22.6 Å². The second-order valence-electron chi connectivity index (χ2n) is 5.60. The third-order valence-corrected chi connectivity index (χ3v) is 5.23. The van der Waals surface area contributed by atoms with Gasteiger partial charge in [0.1, 0.15) is 11.3 Å². The fourth-order valence-corrected chi connectivity index (χ4v) is 4.00. The number of rotatable bonds is 2. The molecule has 0 radical (unpaired) electrons. The van der Waals surface area contributed by atoms with E-state index in [1.54, 1.807) is 6.07 Å². The zero-order chi connectivity index (χ0) is 16.1. The molecule has 1 aromatic carbocycles. The van der Waals surface area contributed by atoms with Crippen molar-refractivity contribution >= 4 is 33.6 Å². The quantitative estimate of drug-likeness (QED) is 0.748. The first-order valence-corrected chi connectivity index (χ1v) is 8.09. The molecule has 8 heteroatoms. The van der Waals surface area contributed by atoms with E-state index in [-0.39, 0.29) is 24.5 Å². The molecule has 2 aromatic heterocycles. The van der Waals surface area contributed by atoms with Crippen molar-refractivity contribution in [2.75, 3.05) is 17.2 Å². The lowest BCUT2D eigenvalue weighted by atomic mass is 10.00. The van der Waals surface area contributed by atoms with Crippen molar-refractivity contribution in [3.63, 3.8) is 0 Å². The van der Waals surface area contributed by atoms with E-state index < -0.39 is 0 Å². The second-order valence-corrected chi connectivity index (χ2v) is 6.66. The average molecular weight is 334 g/mol. The van der Waals surface area contributed by atoms with Gasteiger partial charge in [-0.25, -0.2) is 9.37 Å². The van der Waals surface area contributed by atoms with Crippen LogP contribution in [0.2, 0.25) is 0 Å². The summed E-state index contributed by atoms with van der Waals surface area (Å²) in [5.41, 5.74) is 7.70. The highest BCUT2D eigenvalue weighted by Gasteiger charge is 2.36. The molecule has 0 unspecified atom stereocenters. The predicted molar refractivity (Wildman–Crippen MR) is 86.0 cm³/mol. The lowest BCUT2D eigenvalue weighted by Crippen LogP contribution is -2.45. The Labute approximate surface area is 135 Å². The Morgan fingerprint density at radius 1 is 1.48 bits per heavy atom. The Morgan fingerprint density at radius 3 is 3.09 bits per heavy atom. The summed E-state index contributed by atoms with van der Waals surface area (Å²) in [6.45, 7) is 1.93. The largest absolute Gasteiger partial charge is 0.423 e. The number of hydrogen-bond donors (Lipinski definition) is 2. The Hall–Kier alpha value is -2.19. The molecule has 3 heterocycles. The minimum Gasteiger partial charge on any atom is -0.423 e. The monoisotopic (exact) mass is 334 g/mol. The SMILES string of the molecule is C[C@H]1c2sc(N)nc2C[C@@H](CO)N1c1nc2cc(F)ccc2o1. The normalized spacial score (nSPS) is 20.9. The molecule has 0 spiro atoms. The van der Waals surface area contributed by atoms with Crippen LogP contribution in [0.3, 0.4) is 0 Å². The van der Waals surface area contributed by atoms with Gasteiger partial charge in [0, 0.05) is 12.5 Å². The number of anilines is 2. The van der Waals surface area contributed by atoms with Crippen molar-refractivity contribution in [1.82, 2.24) is 9.97 Å². The molecule has 6 nitrogen and oxygen atoms in total. The Morgan fingerprint density at radius 2 is 2.30 bits per heavy atom. The summed E-state index contributed by atoms with van der Waals surface area (Å²) in [5.74, 6) is -0.361. The van der Waals surface area contributed by atoms with E-state index in [9.17, 15) is 9.50 Å². The maximum absolute atomic E-state index is 13.4. The van der Waals surface area contributed by atoms with Crippen molar-refractivity contribution in [1.29, 1.82) is 0 Å². The summed E-state index contributed by atoms with van der Waals surface area (Å²) in [6, 6.07) is 4.30. The minimum absolute atomic E-state index is 0.0612. The molecule has 0 saturated heterocycles. The van der Waals surface area contributed by atoms with Gasteiger partial charge in [-0.1, -0.05) is 11.3 Å². The first-order chi connectivity index (χ1) is 11.1. The van der Waals surface area contributed by atoms with Gasteiger partial charge in [-0.05, 0) is 19.1 Å². The average Bonchev–Trinajstić information content (AvgIpc) is 3.09. The topological polar surface area (TPSA) is 88.4 Å². The van der Waals surface area contributed by atoms with E-state index >= 15 is 0 Å². The van der Waals surface area contributed by atoms with Crippen LogP contribution in [0.5, 0.6) is 0 Å². The fraction of sp³-hybridized carbons (Fsp3) is 0.333. The summed E-state index contributed by atoms with van der Waals surface area (Å²) < 4.78 is 19.1. The minimum atomic E-state index is -0.361. The van der Waals surface area contributed by atoms with Gasteiger partial charge in [0.05, 0.1) is 29.3 Å². The Balaban J connectivity index is 1.81. The van der Waals surface area contributed by atoms with Crippen molar-refractivity contribution in [2.45, 2.75) is 25.4 Å². The molecule has 3 N–H and O–H groups in total. The number of nitrogen functional groups attached to an aromatic ring is 1. The molecule has 0 aliphatic carbocycles. The van der Waals surface area contributed by atoms with E-state index in [4.69, 9.17) is 10.2 Å². The first-order valence-electron chi connectivity index (χ1n) is 7.27. The third-order valence-electron chi connectivity index (χ3n) is 4.13. The summed E-state index contributed by atoms with van der Waals surface area (Å²) in [5, 5.41) is 10.3. The van der Waals surface area contributed by atoms with Gasteiger partial charge in [-0.15, -0.1) is 0 Å². The summed E-state index contributed by atoms with van der Waals surface area (Å²) in [4.78, 5) is 11.7. The fourth-order valence-electron chi connectivity index (χ4n) is 3.09. The number of aliphatic hydroxyl groups is 1. The number of aromatic nitrogens is 2. The predicted octanol–water partition coefficient (Wildman–Crippen LogP) is 2.49. The first kappa shape index (κ1) is 14.4. The van der Waals surface area contributed by atoms with Crippen molar-refractivity contribution in [2.24, 2.45) is 0 Å². The third kappa shape index (κ3) is 2.25. The smallest absolute Gasteiger partial charge is 0.299 e. The molecule has 120 valence electrons. The summed E-state index contributed by atoms with van der Waals surface area (Å²) >= 11 is 1.43. The number of fused-ring (bicyclic) bond motifs is 2. The molecule has 23 heavy (non-hydrogen) atoms. The number of nitrogens with zero attached hydrogens (tertiary/aromatic N) is 3. The van der Waals surface area contributed by atoms with Gasteiger partial charge >= 0.3 is 0 Å². The number of benzene rings is 1. The number of halogens is 1. The van der Waals surface area contributed by atoms with Crippen molar-refractivity contribution < 1.29 is 13.9 Å². The van der Waals surface area contributed by atoms with Crippen LogP contribution in [0.25, 0.3) is 11.1 Å². The molecule has 0 saturated carbocycles. The highest BCUT2D eigenvalue weighted by Crippen LogP contribution is 2.40. The molecule has 1 aliphatic heterocycles. The maximum Gasteiger partial charge on any atom is 0.299 e. The standard InChI is InChI=1S/C15H15FN4O2S/c1-7-13-11(18-14(17)23-13)5-9(6-21)20(7)15-19-10-4-8(16)2-3-12(10)22-15/h2-4,7,9,21H,5-6H2,1H3,(H2,17,18)/t7-,9-/m0/s1. The van der Waals surface area contributed by atoms with Gasteiger partial charge < -0.3 is 20.2 Å². The number of oxazole rings is 1. The second kappa shape index (κ2) is 5.17. The Kier molecular flexibility index (Phi) is 3.24. The lowest BCUT2D eigenvalue weighted by molar-refractivity contribution is 0.242. The number of nitrogens with two attached hydrogens (primary N) is 1. The van der Waals surface area contributed by atoms with Gasteiger partial charge in [0.2, 0.25) is 0 Å².